The first kappa shape index (κ1) is 16.3. The van der Waals surface area contributed by atoms with Crippen LogP contribution in [0.2, 0.25) is 0 Å². The summed E-state index contributed by atoms with van der Waals surface area (Å²) in [5.41, 5.74) is 1.31. The van der Waals surface area contributed by atoms with Crippen molar-refractivity contribution in [1.29, 1.82) is 0 Å². The number of hydrogen-bond acceptors (Lipinski definition) is 3. The highest BCUT2D eigenvalue weighted by molar-refractivity contribution is 7.99. The minimum absolute atomic E-state index is 0. The molecule has 106 valence electrons. The molecule has 5 heteroatoms. The van der Waals surface area contributed by atoms with Gasteiger partial charge in [-0.25, -0.2) is 0 Å². The lowest BCUT2D eigenvalue weighted by atomic mass is 10.1. The number of hydrogen-bond donors (Lipinski definition) is 1. The number of carbonyl (C=O) groups is 1. The van der Waals surface area contributed by atoms with Gasteiger partial charge in [-0.15, -0.1) is 12.4 Å². The summed E-state index contributed by atoms with van der Waals surface area (Å²) >= 11 is 1.93. The van der Waals surface area contributed by atoms with E-state index in [9.17, 15) is 4.79 Å². The molecular formula is C14H21ClN2OS. The molecule has 0 aliphatic carbocycles. The maximum absolute atomic E-state index is 11.9. The number of thioether (sulfide) groups is 1. The van der Waals surface area contributed by atoms with Gasteiger partial charge in [-0.3, -0.25) is 4.79 Å². The van der Waals surface area contributed by atoms with Crippen LogP contribution in [0.4, 0.5) is 0 Å². The van der Waals surface area contributed by atoms with Gasteiger partial charge in [-0.05, 0) is 18.5 Å². The Kier molecular flexibility index (Phi) is 7.94. The molecule has 1 aliphatic rings. The number of carbonyl (C=O) groups excluding carboxylic acids is 1. The summed E-state index contributed by atoms with van der Waals surface area (Å²) in [7, 11) is 0. The van der Waals surface area contributed by atoms with E-state index in [1.54, 1.807) is 0 Å². The molecule has 19 heavy (non-hydrogen) atoms. The van der Waals surface area contributed by atoms with Crippen LogP contribution < -0.4 is 5.32 Å². The normalized spacial score (nSPS) is 14.8. The van der Waals surface area contributed by atoms with Crippen LogP contribution in [-0.4, -0.2) is 48.5 Å². The summed E-state index contributed by atoms with van der Waals surface area (Å²) < 4.78 is 0. The van der Waals surface area contributed by atoms with E-state index in [1.165, 1.54) is 5.56 Å². The Morgan fingerprint density at radius 3 is 2.58 bits per heavy atom. The maximum Gasteiger partial charge on any atom is 0.236 e. The van der Waals surface area contributed by atoms with E-state index in [-0.39, 0.29) is 18.3 Å². The SMILES string of the molecule is Cl.O=C(CNCCc1ccccc1)N1CCSCC1. The Morgan fingerprint density at radius 1 is 1.21 bits per heavy atom. The Balaban J connectivity index is 0.00000180. The van der Waals surface area contributed by atoms with Gasteiger partial charge >= 0.3 is 0 Å². The third-order valence-corrected chi connectivity index (χ3v) is 4.02. The molecule has 2 rings (SSSR count). The van der Waals surface area contributed by atoms with Crippen LogP contribution >= 0.6 is 24.2 Å². The third kappa shape index (κ3) is 5.85. The van der Waals surface area contributed by atoms with Crippen LogP contribution in [-0.2, 0) is 11.2 Å². The van der Waals surface area contributed by atoms with E-state index < -0.39 is 0 Å². The largest absolute Gasteiger partial charge is 0.340 e. The molecule has 1 heterocycles. The molecule has 1 aromatic rings. The molecular weight excluding hydrogens is 280 g/mol. The standard InChI is InChI=1S/C14H20N2OS.ClH/c17-14(16-8-10-18-11-9-16)12-15-7-6-13-4-2-1-3-5-13;/h1-5,15H,6-12H2;1H. The van der Waals surface area contributed by atoms with Gasteiger partial charge in [0.25, 0.3) is 0 Å². The quantitative estimate of drug-likeness (QED) is 0.842. The molecule has 3 nitrogen and oxygen atoms in total. The fourth-order valence-corrected chi connectivity index (χ4v) is 2.90. The van der Waals surface area contributed by atoms with Crippen molar-refractivity contribution in [3.05, 3.63) is 35.9 Å². The molecule has 0 radical (unpaired) electrons. The third-order valence-electron chi connectivity index (χ3n) is 3.07. The van der Waals surface area contributed by atoms with E-state index in [0.717, 1.165) is 37.6 Å². The van der Waals surface area contributed by atoms with Crippen molar-refractivity contribution < 1.29 is 4.79 Å². The van der Waals surface area contributed by atoms with Crippen molar-refractivity contribution in [1.82, 2.24) is 10.2 Å². The second-order valence-electron chi connectivity index (χ2n) is 4.41. The number of nitrogens with zero attached hydrogens (tertiary/aromatic N) is 1. The highest BCUT2D eigenvalue weighted by Gasteiger charge is 2.15. The van der Waals surface area contributed by atoms with Crippen LogP contribution in [0.1, 0.15) is 5.56 Å². The number of halogens is 1. The molecule has 1 fully saturated rings. The van der Waals surface area contributed by atoms with Crippen molar-refractivity contribution in [3.63, 3.8) is 0 Å². The van der Waals surface area contributed by atoms with E-state index >= 15 is 0 Å². The van der Waals surface area contributed by atoms with Crippen molar-refractivity contribution >= 4 is 30.1 Å². The first-order valence-electron chi connectivity index (χ1n) is 6.46. The van der Waals surface area contributed by atoms with Crippen LogP contribution in [0.25, 0.3) is 0 Å². The van der Waals surface area contributed by atoms with Crippen molar-refractivity contribution in [2.75, 3.05) is 37.7 Å². The highest BCUT2D eigenvalue weighted by Crippen LogP contribution is 2.08. The van der Waals surface area contributed by atoms with Gasteiger partial charge in [0.05, 0.1) is 6.54 Å². The highest BCUT2D eigenvalue weighted by atomic mass is 35.5. The lowest BCUT2D eigenvalue weighted by Gasteiger charge is -2.26. The molecule has 0 spiro atoms. The fourth-order valence-electron chi connectivity index (χ4n) is 2.00. The molecule has 1 amide bonds. The number of nitrogens with one attached hydrogen (secondary N) is 1. The lowest BCUT2D eigenvalue weighted by Crippen LogP contribution is -2.43. The predicted molar refractivity (Wildman–Crippen MR) is 84.2 cm³/mol. The Hall–Kier alpha value is -0.710. The van der Waals surface area contributed by atoms with Crippen LogP contribution in [0.3, 0.4) is 0 Å². The van der Waals surface area contributed by atoms with Crippen LogP contribution in [0.5, 0.6) is 0 Å². The molecule has 0 atom stereocenters. The van der Waals surface area contributed by atoms with Crippen molar-refractivity contribution in [2.45, 2.75) is 6.42 Å². The van der Waals surface area contributed by atoms with Gasteiger partial charge in [0.2, 0.25) is 5.91 Å². The molecule has 0 aromatic heterocycles. The van der Waals surface area contributed by atoms with Gasteiger partial charge in [-0.2, -0.15) is 11.8 Å². The Labute approximate surface area is 125 Å². The molecule has 1 aliphatic heterocycles. The van der Waals surface area contributed by atoms with Crippen LogP contribution in [0.15, 0.2) is 30.3 Å². The fraction of sp³-hybridized carbons (Fsp3) is 0.500. The lowest BCUT2D eigenvalue weighted by molar-refractivity contribution is -0.129. The minimum Gasteiger partial charge on any atom is -0.340 e. The predicted octanol–water partition coefficient (Wildman–Crippen LogP) is 1.82. The van der Waals surface area contributed by atoms with E-state index in [0.29, 0.717) is 6.54 Å². The van der Waals surface area contributed by atoms with Crippen molar-refractivity contribution in [3.8, 4) is 0 Å². The van der Waals surface area contributed by atoms with Crippen molar-refractivity contribution in [2.24, 2.45) is 0 Å². The Bertz CT molecular complexity index is 369. The maximum atomic E-state index is 11.9. The van der Waals surface area contributed by atoms with Crippen LogP contribution in [0, 0.1) is 0 Å². The van der Waals surface area contributed by atoms with Gasteiger partial charge in [-0.1, -0.05) is 30.3 Å². The average molecular weight is 301 g/mol. The number of benzene rings is 1. The summed E-state index contributed by atoms with van der Waals surface area (Å²) in [6.07, 6.45) is 0.976. The van der Waals surface area contributed by atoms with Gasteiger partial charge in [0.1, 0.15) is 0 Å². The van der Waals surface area contributed by atoms with Gasteiger partial charge in [0.15, 0.2) is 0 Å². The second-order valence-corrected chi connectivity index (χ2v) is 5.63. The minimum atomic E-state index is 0. The average Bonchev–Trinajstić information content (AvgIpc) is 2.45. The molecule has 1 aromatic carbocycles. The zero-order valence-electron chi connectivity index (χ0n) is 11.0. The smallest absolute Gasteiger partial charge is 0.236 e. The van der Waals surface area contributed by atoms with Gasteiger partial charge in [0, 0.05) is 24.6 Å². The second kappa shape index (κ2) is 9.23. The summed E-state index contributed by atoms with van der Waals surface area (Å²) in [6.45, 7) is 3.14. The monoisotopic (exact) mass is 300 g/mol. The number of rotatable bonds is 5. The first-order valence-corrected chi connectivity index (χ1v) is 7.62. The summed E-state index contributed by atoms with van der Waals surface area (Å²) in [5.74, 6) is 2.40. The number of amides is 1. The Morgan fingerprint density at radius 2 is 1.89 bits per heavy atom. The topological polar surface area (TPSA) is 32.3 Å². The molecule has 0 saturated carbocycles. The first-order chi connectivity index (χ1) is 8.86. The van der Waals surface area contributed by atoms with E-state index in [2.05, 4.69) is 17.4 Å². The van der Waals surface area contributed by atoms with E-state index in [1.807, 2.05) is 34.9 Å². The zero-order chi connectivity index (χ0) is 12.6. The molecule has 1 N–H and O–H groups in total. The van der Waals surface area contributed by atoms with E-state index in [4.69, 9.17) is 0 Å². The summed E-state index contributed by atoms with van der Waals surface area (Å²) in [6, 6.07) is 10.4. The molecule has 1 saturated heterocycles. The summed E-state index contributed by atoms with van der Waals surface area (Å²) in [4.78, 5) is 13.8. The molecule has 0 bridgehead atoms. The zero-order valence-corrected chi connectivity index (χ0v) is 12.6. The molecule has 0 unspecified atom stereocenters. The van der Waals surface area contributed by atoms with Gasteiger partial charge < -0.3 is 10.2 Å². The summed E-state index contributed by atoms with van der Waals surface area (Å²) in [5, 5.41) is 3.23.